The molecule has 10 heteroatoms. The number of pyridine rings is 1. The Hall–Kier alpha value is -1.91. The summed E-state index contributed by atoms with van der Waals surface area (Å²) in [5, 5.41) is 8.76. The molecule has 0 amide bonds. The molecule has 0 fully saturated rings. The van der Waals surface area contributed by atoms with Gasteiger partial charge in [-0.05, 0) is 24.6 Å². The number of nitrogens with one attached hydrogen (secondary N) is 1. The third kappa shape index (κ3) is 4.88. The number of aromatic nitrogens is 1. The molecule has 2 N–H and O–H groups in total. The molecule has 2 aromatic rings. The molecular weight excluding hydrogens is 385 g/mol. The molecule has 6 nitrogen and oxygen atoms in total. The SMILES string of the molecule is CCCCCN(CCO)S(=O)(=O)c1ccc2[nH]c(=O)cc(C(F)(F)F)c2c1. The average molecular weight is 406 g/mol. The lowest BCUT2D eigenvalue weighted by Gasteiger charge is -2.21. The quantitative estimate of drug-likeness (QED) is 0.660. The first kappa shape index (κ1) is 21.4. The van der Waals surface area contributed by atoms with Crippen LogP contribution in [0.1, 0.15) is 31.7 Å². The monoisotopic (exact) mass is 406 g/mol. The van der Waals surface area contributed by atoms with Crippen LogP contribution in [0.25, 0.3) is 10.9 Å². The number of fused-ring (bicyclic) bond motifs is 1. The first-order valence-corrected chi connectivity index (χ1v) is 9.90. The summed E-state index contributed by atoms with van der Waals surface area (Å²) in [4.78, 5) is 13.4. The minimum Gasteiger partial charge on any atom is -0.395 e. The number of rotatable bonds is 8. The Morgan fingerprint density at radius 2 is 1.85 bits per heavy atom. The van der Waals surface area contributed by atoms with Crippen LogP contribution in [-0.4, -0.2) is 42.5 Å². The highest BCUT2D eigenvalue weighted by Gasteiger charge is 2.34. The average Bonchev–Trinajstić information content (AvgIpc) is 2.59. The predicted octanol–water partition coefficient (Wildman–Crippen LogP) is 2.72. The van der Waals surface area contributed by atoms with E-state index in [4.69, 9.17) is 5.11 Å². The molecule has 0 radical (unpaired) electrons. The second-order valence-electron chi connectivity index (χ2n) is 6.09. The fourth-order valence-electron chi connectivity index (χ4n) is 2.78. The van der Waals surface area contributed by atoms with Crippen LogP contribution in [0.5, 0.6) is 0 Å². The molecule has 0 unspecified atom stereocenters. The van der Waals surface area contributed by atoms with Crippen LogP contribution in [0.2, 0.25) is 0 Å². The summed E-state index contributed by atoms with van der Waals surface area (Å²) in [6.07, 6.45) is -2.58. The van der Waals surface area contributed by atoms with Crippen LogP contribution < -0.4 is 5.56 Å². The van der Waals surface area contributed by atoms with Crippen LogP contribution in [-0.2, 0) is 16.2 Å². The van der Waals surface area contributed by atoms with Crippen molar-refractivity contribution in [3.63, 3.8) is 0 Å². The molecule has 0 saturated heterocycles. The number of sulfonamides is 1. The summed E-state index contributed by atoms with van der Waals surface area (Å²) < 4.78 is 66.6. The summed E-state index contributed by atoms with van der Waals surface area (Å²) in [5.41, 5.74) is -2.22. The van der Waals surface area contributed by atoms with Crippen molar-refractivity contribution >= 4 is 20.9 Å². The number of hydrogen-bond donors (Lipinski definition) is 2. The number of benzene rings is 1. The van der Waals surface area contributed by atoms with Crippen LogP contribution in [0.4, 0.5) is 13.2 Å². The molecule has 150 valence electrons. The summed E-state index contributed by atoms with van der Waals surface area (Å²) in [7, 11) is -4.09. The molecule has 0 saturated carbocycles. The second kappa shape index (κ2) is 8.41. The number of H-pyrrole nitrogens is 1. The number of aromatic amines is 1. The van der Waals surface area contributed by atoms with E-state index in [1.165, 1.54) is 0 Å². The molecule has 0 bridgehead atoms. The summed E-state index contributed by atoms with van der Waals surface area (Å²) in [6, 6.07) is 3.61. The Balaban J connectivity index is 2.56. The van der Waals surface area contributed by atoms with Crippen molar-refractivity contribution < 1.29 is 26.7 Å². The highest BCUT2D eigenvalue weighted by atomic mass is 32.2. The first-order chi connectivity index (χ1) is 12.6. The lowest BCUT2D eigenvalue weighted by Crippen LogP contribution is -2.34. The van der Waals surface area contributed by atoms with Crippen LogP contribution >= 0.6 is 0 Å². The minimum atomic E-state index is -4.80. The van der Waals surface area contributed by atoms with Gasteiger partial charge < -0.3 is 10.1 Å². The predicted molar refractivity (Wildman–Crippen MR) is 94.9 cm³/mol. The van der Waals surface area contributed by atoms with Gasteiger partial charge in [0.1, 0.15) is 0 Å². The first-order valence-electron chi connectivity index (χ1n) is 8.46. The van der Waals surface area contributed by atoms with Crippen molar-refractivity contribution in [3.8, 4) is 0 Å². The maximum absolute atomic E-state index is 13.3. The number of alkyl halides is 3. The number of halogens is 3. The number of hydrogen-bond acceptors (Lipinski definition) is 4. The van der Waals surface area contributed by atoms with Gasteiger partial charge in [-0.2, -0.15) is 17.5 Å². The summed E-state index contributed by atoms with van der Waals surface area (Å²) in [6.45, 7) is 1.56. The van der Waals surface area contributed by atoms with E-state index in [1.54, 1.807) is 0 Å². The molecule has 2 rings (SSSR count). The molecule has 1 aromatic carbocycles. The van der Waals surface area contributed by atoms with Gasteiger partial charge >= 0.3 is 6.18 Å². The molecular formula is C17H21F3N2O4S. The van der Waals surface area contributed by atoms with E-state index in [2.05, 4.69) is 4.98 Å². The van der Waals surface area contributed by atoms with Gasteiger partial charge in [0, 0.05) is 30.1 Å². The molecule has 0 atom stereocenters. The fourth-order valence-corrected chi connectivity index (χ4v) is 4.28. The zero-order chi connectivity index (χ0) is 20.2. The summed E-state index contributed by atoms with van der Waals surface area (Å²) in [5.74, 6) is 0. The van der Waals surface area contributed by atoms with Crippen molar-refractivity contribution in [1.29, 1.82) is 0 Å². The number of nitrogens with zero attached hydrogens (tertiary/aromatic N) is 1. The van der Waals surface area contributed by atoms with Gasteiger partial charge in [-0.3, -0.25) is 4.79 Å². The van der Waals surface area contributed by atoms with Gasteiger partial charge in [-0.25, -0.2) is 8.42 Å². The third-order valence-corrected chi connectivity index (χ3v) is 6.01. The molecule has 1 heterocycles. The van der Waals surface area contributed by atoms with E-state index in [-0.39, 0.29) is 23.5 Å². The van der Waals surface area contributed by atoms with Crippen LogP contribution in [0, 0.1) is 0 Å². The van der Waals surface area contributed by atoms with Gasteiger partial charge in [0.2, 0.25) is 15.6 Å². The topological polar surface area (TPSA) is 90.5 Å². The zero-order valence-electron chi connectivity index (χ0n) is 14.7. The molecule has 0 aliphatic carbocycles. The van der Waals surface area contributed by atoms with E-state index in [1.807, 2.05) is 6.92 Å². The summed E-state index contributed by atoms with van der Waals surface area (Å²) >= 11 is 0. The van der Waals surface area contributed by atoms with E-state index >= 15 is 0 Å². The molecule has 0 spiro atoms. The van der Waals surface area contributed by atoms with Gasteiger partial charge in [-0.1, -0.05) is 19.8 Å². The van der Waals surface area contributed by atoms with Crippen molar-refractivity contribution in [2.45, 2.75) is 37.3 Å². The van der Waals surface area contributed by atoms with E-state index in [9.17, 15) is 26.4 Å². The van der Waals surface area contributed by atoms with Crippen LogP contribution in [0.3, 0.4) is 0 Å². The van der Waals surface area contributed by atoms with Crippen LogP contribution in [0.15, 0.2) is 34.0 Å². The van der Waals surface area contributed by atoms with Gasteiger partial charge in [0.05, 0.1) is 17.1 Å². The van der Waals surface area contributed by atoms with Crippen molar-refractivity contribution in [1.82, 2.24) is 9.29 Å². The Morgan fingerprint density at radius 1 is 1.15 bits per heavy atom. The number of aliphatic hydroxyl groups excluding tert-OH is 1. The lowest BCUT2D eigenvalue weighted by molar-refractivity contribution is -0.136. The Morgan fingerprint density at radius 3 is 2.44 bits per heavy atom. The fraction of sp³-hybridized carbons (Fsp3) is 0.471. The zero-order valence-corrected chi connectivity index (χ0v) is 15.5. The molecule has 1 aromatic heterocycles. The highest BCUT2D eigenvalue weighted by molar-refractivity contribution is 7.89. The highest BCUT2D eigenvalue weighted by Crippen LogP contribution is 2.34. The Bertz CT molecular complexity index is 955. The smallest absolute Gasteiger partial charge is 0.395 e. The largest absolute Gasteiger partial charge is 0.417 e. The van der Waals surface area contributed by atoms with E-state index in [0.29, 0.717) is 12.5 Å². The Labute approximate surface area is 154 Å². The number of unbranched alkanes of at least 4 members (excludes halogenated alkanes) is 2. The maximum Gasteiger partial charge on any atom is 0.417 e. The van der Waals surface area contributed by atoms with E-state index in [0.717, 1.165) is 35.3 Å². The van der Waals surface area contributed by atoms with Crippen molar-refractivity contribution in [2.24, 2.45) is 0 Å². The molecule has 0 aliphatic rings. The van der Waals surface area contributed by atoms with Gasteiger partial charge in [-0.15, -0.1) is 0 Å². The van der Waals surface area contributed by atoms with Crippen molar-refractivity contribution in [3.05, 3.63) is 40.2 Å². The third-order valence-electron chi connectivity index (χ3n) is 4.12. The normalized spacial score (nSPS) is 12.8. The van der Waals surface area contributed by atoms with Gasteiger partial charge in [0.25, 0.3) is 0 Å². The standard InChI is InChI=1S/C17H21F3N2O4S/c1-2-3-4-7-22(8-9-23)27(25,26)12-5-6-15-13(10-12)14(17(18,19)20)11-16(24)21-15/h5-6,10-11,23H,2-4,7-9H2,1H3,(H,21,24). The molecule has 27 heavy (non-hydrogen) atoms. The lowest BCUT2D eigenvalue weighted by atomic mass is 10.1. The van der Waals surface area contributed by atoms with Crippen molar-refractivity contribution in [2.75, 3.05) is 19.7 Å². The second-order valence-corrected chi connectivity index (χ2v) is 8.03. The van der Waals surface area contributed by atoms with E-state index < -0.39 is 39.3 Å². The molecule has 0 aliphatic heterocycles. The van der Waals surface area contributed by atoms with Gasteiger partial charge in [0.15, 0.2) is 0 Å². The number of aliphatic hydroxyl groups is 1. The maximum atomic E-state index is 13.3. The minimum absolute atomic E-state index is 0.103. The Kier molecular flexibility index (Phi) is 6.66.